The maximum Gasteiger partial charge on any atom is 0.161 e. The predicted octanol–water partition coefficient (Wildman–Crippen LogP) is 4.55. The van der Waals surface area contributed by atoms with Crippen molar-refractivity contribution in [2.24, 2.45) is 7.05 Å². The smallest absolute Gasteiger partial charge is 0.161 e. The van der Waals surface area contributed by atoms with E-state index in [1.807, 2.05) is 41.9 Å². The van der Waals surface area contributed by atoms with Gasteiger partial charge < -0.3 is 23.5 Å². The summed E-state index contributed by atoms with van der Waals surface area (Å²) in [5, 5.41) is 0. The largest absolute Gasteiger partial charge is 0.495 e. The number of halogens is 1. The van der Waals surface area contributed by atoms with Crippen LogP contribution in [0.5, 0.6) is 23.0 Å². The maximum absolute atomic E-state index is 5.47. The van der Waals surface area contributed by atoms with Gasteiger partial charge in [-0.1, -0.05) is 0 Å². The third-order valence-corrected chi connectivity index (χ3v) is 5.09. The molecule has 0 amide bonds. The normalized spacial score (nSPS) is 10.6. The second kappa shape index (κ2) is 7.92. The first-order chi connectivity index (χ1) is 13.0. The summed E-state index contributed by atoms with van der Waals surface area (Å²) < 4.78 is 24.5. The summed E-state index contributed by atoms with van der Waals surface area (Å²) in [6.07, 6.45) is 1.78. The molecule has 1 aromatic heterocycles. The van der Waals surface area contributed by atoms with Gasteiger partial charge in [0, 0.05) is 18.2 Å². The lowest BCUT2D eigenvalue weighted by Crippen LogP contribution is -1.96. The molecule has 0 saturated carbocycles. The average molecular weight is 433 g/mol. The van der Waals surface area contributed by atoms with E-state index in [2.05, 4.69) is 20.9 Å². The molecule has 3 rings (SSSR count). The highest BCUT2D eigenvalue weighted by Gasteiger charge is 2.19. The zero-order valence-electron chi connectivity index (χ0n) is 15.9. The summed E-state index contributed by atoms with van der Waals surface area (Å²) in [7, 11) is 8.44. The standard InChI is InChI=1S/C20H21BrN2O4/c1-23-11-22-19(13-9-16(26-4)18(21)17(10-13)27-5)20(23)12-6-7-14(24-2)15(8-12)25-3/h6-11H,1-5H3. The minimum Gasteiger partial charge on any atom is -0.495 e. The molecule has 7 heteroatoms. The van der Waals surface area contributed by atoms with Crippen molar-refractivity contribution < 1.29 is 18.9 Å². The van der Waals surface area contributed by atoms with Gasteiger partial charge in [0.1, 0.15) is 16.0 Å². The average Bonchev–Trinajstić information content (AvgIpc) is 3.09. The van der Waals surface area contributed by atoms with Crippen LogP contribution >= 0.6 is 15.9 Å². The summed E-state index contributed by atoms with van der Waals surface area (Å²) in [5.74, 6) is 2.69. The fraction of sp³-hybridized carbons (Fsp3) is 0.250. The monoisotopic (exact) mass is 432 g/mol. The molecule has 0 aliphatic carbocycles. The Kier molecular flexibility index (Phi) is 5.60. The van der Waals surface area contributed by atoms with Gasteiger partial charge in [-0.05, 0) is 46.3 Å². The molecular formula is C20H21BrN2O4. The van der Waals surface area contributed by atoms with Crippen LogP contribution in [0.1, 0.15) is 0 Å². The van der Waals surface area contributed by atoms with Gasteiger partial charge >= 0.3 is 0 Å². The Hall–Kier alpha value is -2.67. The van der Waals surface area contributed by atoms with Crippen LogP contribution in [0, 0.1) is 0 Å². The van der Waals surface area contributed by atoms with E-state index in [1.54, 1.807) is 34.8 Å². The van der Waals surface area contributed by atoms with Gasteiger partial charge in [0.25, 0.3) is 0 Å². The lowest BCUT2D eigenvalue weighted by molar-refractivity contribution is 0.355. The number of ether oxygens (including phenoxy) is 4. The molecular weight excluding hydrogens is 412 g/mol. The number of hydrogen-bond acceptors (Lipinski definition) is 5. The van der Waals surface area contributed by atoms with Crippen molar-refractivity contribution in [3.63, 3.8) is 0 Å². The van der Waals surface area contributed by atoms with Crippen molar-refractivity contribution in [2.45, 2.75) is 0 Å². The molecule has 0 atom stereocenters. The van der Waals surface area contributed by atoms with Gasteiger partial charge in [-0.15, -0.1) is 0 Å². The van der Waals surface area contributed by atoms with Crippen LogP contribution in [0.4, 0.5) is 0 Å². The molecule has 0 radical (unpaired) electrons. The van der Waals surface area contributed by atoms with Gasteiger partial charge in [-0.3, -0.25) is 0 Å². The van der Waals surface area contributed by atoms with Gasteiger partial charge in [-0.25, -0.2) is 4.98 Å². The molecule has 0 spiro atoms. The Morgan fingerprint density at radius 3 is 1.89 bits per heavy atom. The van der Waals surface area contributed by atoms with Crippen LogP contribution < -0.4 is 18.9 Å². The lowest BCUT2D eigenvalue weighted by atomic mass is 10.0. The highest BCUT2D eigenvalue weighted by atomic mass is 79.9. The fourth-order valence-electron chi connectivity index (χ4n) is 2.97. The number of nitrogens with zero attached hydrogens (tertiary/aromatic N) is 2. The first-order valence-electron chi connectivity index (χ1n) is 8.19. The molecule has 0 saturated heterocycles. The molecule has 6 nitrogen and oxygen atoms in total. The van der Waals surface area contributed by atoms with Gasteiger partial charge in [0.15, 0.2) is 11.5 Å². The van der Waals surface area contributed by atoms with E-state index >= 15 is 0 Å². The molecule has 27 heavy (non-hydrogen) atoms. The summed E-state index contributed by atoms with van der Waals surface area (Å²) >= 11 is 3.51. The van der Waals surface area contributed by atoms with E-state index in [9.17, 15) is 0 Å². The van der Waals surface area contributed by atoms with Crippen LogP contribution in [0.25, 0.3) is 22.5 Å². The third kappa shape index (κ3) is 3.47. The maximum atomic E-state index is 5.47. The molecule has 0 fully saturated rings. The fourth-order valence-corrected chi connectivity index (χ4v) is 3.52. The third-order valence-electron chi connectivity index (χ3n) is 4.31. The molecule has 0 aliphatic heterocycles. The Morgan fingerprint density at radius 1 is 0.778 bits per heavy atom. The molecule has 142 valence electrons. The quantitative estimate of drug-likeness (QED) is 0.571. The molecule has 2 aromatic carbocycles. The molecule has 1 heterocycles. The zero-order valence-corrected chi connectivity index (χ0v) is 17.5. The second-order valence-corrected chi connectivity index (χ2v) is 6.61. The number of rotatable bonds is 6. The first-order valence-corrected chi connectivity index (χ1v) is 8.99. The lowest BCUT2D eigenvalue weighted by Gasteiger charge is -2.13. The molecule has 0 unspecified atom stereocenters. The van der Waals surface area contributed by atoms with Crippen molar-refractivity contribution in [1.29, 1.82) is 0 Å². The van der Waals surface area contributed by atoms with Crippen molar-refractivity contribution >= 4 is 15.9 Å². The van der Waals surface area contributed by atoms with Gasteiger partial charge in [0.2, 0.25) is 0 Å². The number of imidazole rings is 1. The molecule has 0 aliphatic rings. The van der Waals surface area contributed by atoms with E-state index in [0.29, 0.717) is 23.0 Å². The topological polar surface area (TPSA) is 54.7 Å². The SMILES string of the molecule is COc1ccc(-c2c(-c3cc(OC)c(Br)c(OC)c3)ncn2C)cc1OC. The summed E-state index contributed by atoms with van der Waals surface area (Å²) in [4.78, 5) is 4.61. The Balaban J connectivity index is 2.19. The summed E-state index contributed by atoms with van der Waals surface area (Å²) in [6, 6.07) is 9.66. The van der Waals surface area contributed by atoms with Crippen LogP contribution in [-0.4, -0.2) is 38.0 Å². The van der Waals surface area contributed by atoms with Crippen LogP contribution in [-0.2, 0) is 7.05 Å². The minimum absolute atomic E-state index is 0.660. The summed E-state index contributed by atoms with van der Waals surface area (Å²) in [6.45, 7) is 0. The first kappa shape index (κ1) is 19.1. The van der Waals surface area contributed by atoms with E-state index in [4.69, 9.17) is 18.9 Å². The van der Waals surface area contributed by atoms with Crippen LogP contribution in [0.2, 0.25) is 0 Å². The number of aryl methyl sites for hydroxylation is 1. The van der Waals surface area contributed by atoms with E-state index in [1.165, 1.54) is 0 Å². The molecule has 0 N–H and O–H groups in total. The van der Waals surface area contributed by atoms with Crippen molar-refractivity contribution in [1.82, 2.24) is 9.55 Å². The second-order valence-electron chi connectivity index (χ2n) is 5.82. The summed E-state index contributed by atoms with van der Waals surface area (Å²) in [5.41, 5.74) is 3.61. The van der Waals surface area contributed by atoms with Crippen molar-refractivity contribution in [3.05, 3.63) is 41.1 Å². The van der Waals surface area contributed by atoms with Crippen LogP contribution in [0.3, 0.4) is 0 Å². The van der Waals surface area contributed by atoms with Gasteiger partial charge in [-0.2, -0.15) is 0 Å². The Morgan fingerprint density at radius 2 is 1.33 bits per heavy atom. The van der Waals surface area contributed by atoms with E-state index in [-0.39, 0.29) is 0 Å². The van der Waals surface area contributed by atoms with Crippen LogP contribution in [0.15, 0.2) is 41.1 Å². The van der Waals surface area contributed by atoms with Gasteiger partial charge in [0.05, 0.1) is 46.2 Å². The Bertz CT molecular complexity index is 944. The highest BCUT2D eigenvalue weighted by molar-refractivity contribution is 9.10. The van der Waals surface area contributed by atoms with Crippen molar-refractivity contribution in [2.75, 3.05) is 28.4 Å². The minimum atomic E-state index is 0.660. The number of methoxy groups -OCH3 is 4. The molecule has 3 aromatic rings. The van der Waals surface area contributed by atoms with Crippen molar-refractivity contribution in [3.8, 4) is 45.5 Å². The van der Waals surface area contributed by atoms with E-state index in [0.717, 1.165) is 27.0 Å². The number of benzene rings is 2. The van der Waals surface area contributed by atoms with E-state index < -0.39 is 0 Å². The predicted molar refractivity (Wildman–Crippen MR) is 108 cm³/mol. The highest BCUT2D eigenvalue weighted by Crippen LogP contribution is 2.42. The zero-order chi connectivity index (χ0) is 19.6. The number of aromatic nitrogens is 2. The number of hydrogen-bond donors (Lipinski definition) is 0. The molecule has 0 bridgehead atoms. The Labute approximate surface area is 166 Å².